The quantitative estimate of drug-likeness (QED) is 0.692. The van der Waals surface area contributed by atoms with Gasteiger partial charge in [-0.25, -0.2) is 0 Å². The third kappa shape index (κ3) is 3.25. The van der Waals surface area contributed by atoms with Crippen molar-refractivity contribution in [2.24, 2.45) is 0 Å². The van der Waals surface area contributed by atoms with Gasteiger partial charge >= 0.3 is 0 Å². The lowest BCUT2D eigenvalue weighted by atomic mass is 10.1. The van der Waals surface area contributed by atoms with Crippen LogP contribution >= 0.6 is 0 Å². The Hall–Kier alpha value is -2.41. The molecule has 3 rings (SSSR count). The van der Waals surface area contributed by atoms with E-state index in [2.05, 4.69) is 29.1 Å². The van der Waals surface area contributed by atoms with Gasteiger partial charge in [0, 0.05) is 18.5 Å². The van der Waals surface area contributed by atoms with Crippen molar-refractivity contribution in [2.45, 2.75) is 32.9 Å². The van der Waals surface area contributed by atoms with E-state index in [4.69, 9.17) is 13.5 Å². The molecule has 0 amide bonds. The zero-order chi connectivity index (χ0) is 15.5. The monoisotopic (exact) mass is 302 g/mol. The van der Waals surface area contributed by atoms with Crippen LogP contribution in [0.1, 0.15) is 37.1 Å². The first-order valence-electron chi connectivity index (χ1n) is 7.12. The molecule has 7 heteroatoms. The fraction of sp³-hybridized carbons (Fsp3) is 0.400. The van der Waals surface area contributed by atoms with E-state index in [1.807, 2.05) is 18.0 Å². The number of furan rings is 1. The largest absolute Gasteiger partial charge is 0.461 e. The van der Waals surface area contributed by atoms with Gasteiger partial charge in [0.2, 0.25) is 11.7 Å². The maximum atomic E-state index is 5.29. The molecule has 3 aromatic heterocycles. The second-order valence-corrected chi connectivity index (χ2v) is 5.54. The van der Waals surface area contributed by atoms with Gasteiger partial charge in [-0.2, -0.15) is 4.98 Å². The van der Waals surface area contributed by atoms with Crippen LogP contribution < -0.4 is 0 Å². The van der Waals surface area contributed by atoms with Crippen molar-refractivity contribution in [3.05, 3.63) is 41.8 Å². The molecule has 0 saturated heterocycles. The molecule has 0 bridgehead atoms. The average Bonchev–Trinajstić information content (AvgIpc) is 3.18. The molecule has 0 aliphatic carbocycles. The lowest BCUT2D eigenvalue weighted by Crippen LogP contribution is -2.17. The Labute approximate surface area is 127 Å². The Balaban J connectivity index is 1.60. The van der Waals surface area contributed by atoms with Gasteiger partial charge in [0.15, 0.2) is 5.76 Å². The maximum absolute atomic E-state index is 5.29. The molecule has 0 atom stereocenters. The molecule has 22 heavy (non-hydrogen) atoms. The van der Waals surface area contributed by atoms with Crippen molar-refractivity contribution in [1.82, 2.24) is 20.2 Å². The number of rotatable bonds is 6. The van der Waals surface area contributed by atoms with Gasteiger partial charge in [0.1, 0.15) is 5.76 Å². The Morgan fingerprint density at radius 1 is 1.18 bits per heavy atom. The van der Waals surface area contributed by atoms with Crippen molar-refractivity contribution >= 4 is 0 Å². The average molecular weight is 302 g/mol. The maximum Gasteiger partial charge on any atom is 0.241 e. The van der Waals surface area contributed by atoms with Crippen molar-refractivity contribution in [3.63, 3.8) is 0 Å². The van der Waals surface area contributed by atoms with Gasteiger partial charge in [-0.3, -0.25) is 4.90 Å². The van der Waals surface area contributed by atoms with Crippen LogP contribution in [0.2, 0.25) is 0 Å². The summed E-state index contributed by atoms with van der Waals surface area (Å²) in [6.45, 7) is 5.32. The minimum absolute atomic E-state index is 0.332. The first kappa shape index (κ1) is 14.5. The zero-order valence-electron chi connectivity index (χ0n) is 12.8. The molecule has 116 valence electrons. The predicted molar refractivity (Wildman–Crippen MR) is 77.8 cm³/mol. The van der Waals surface area contributed by atoms with Gasteiger partial charge < -0.3 is 13.5 Å². The molecular weight excluding hydrogens is 284 g/mol. The van der Waals surface area contributed by atoms with Crippen molar-refractivity contribution in [2.75, 3.05) is 7.05 Å². The van der Waals surface area contributed by atoms with E-state index < -0.39 is 0 Å². The molecule has 0 unspecified atom stereocenters. The van der Waals surface area contributed by atoms with E-state index in [0.29, 0.717) is 36.5 Å². The molecule has 0 radical (unpaired) electrons. The third-order valence-corrected chi connectivity index (χ3v) is 3.19. The Bertz CT molecular complexity index is 715. The number of aromatic nitrogens is 3. The summed E-state index contributed by atoms with van der Waals surface area (Å²) in [6.07, 6.45) is 1.58. The predicted octanol–water partition coefficient (Wildman–Crippen LogP) is 3.07. The van der Waals surface area contributed by atoms with Gasteiger partial charge in [-0.1, -0.05) is 24.2 Å². The molecule has 0 aliphatic rings. The highest BCUT2D eigenvalue weighted by Gasteiger charge is 2.14. The highest BCUT2D eigenvalue weighted by atomic mass is 16.5. The molecule has 3 aromatic rings. The number of hydrogen-bond donors (Lipinski definition) is 0. The number of nitrogens with zero attached hydrogens (tertiary/aromatic N) is 4. The van der Waals surface area contributed by atoms with Gasteiger partial charge in [-0.15, -0.1) is 0 Å². The molecule has 3 heterocycles. The molecule has 7 nitrogen and oxygen atoms in total. The molecular formula is C15H18N4O3. The molecule has 0 N–H and O–H groups in total. The van der Waals surface area contributed by atoms with E-state index in [1.54, 1.807) is 18.4 Å². The smallest absolute Gasteiger partial charge is 0.241 e. The topological polar surface area (TPSA) is 81.3 Å². The summed E-state index contributed by atoms with van der Waals surface area (Å²) in [7, 11) is 1.96. The summed E-state index contributed by atoms with van der Waals surface area (Å²) in [5, 5.41) is 7.97. The third-order valence-electron chi connectivity index (χ3n) is 3.19. The number of hydrogen-bond acceptors (Lipinski definition) is 7. The summed E-state index contributed by atoms with van der Waals surface area (Å²) < 4.78 is 15.8. The van der Waals surface area contributed by atoms with E-state index in [-0.39, 0.29) is 0 Å². The fourth-order valence-corrected chi connectivity index (χ4v) is 2.06. The van der Waals surface area contributed by atoms with Crippen molar-refractivity contribution in [1.29, 1.82) is 0 Å². The second-order valence-electron chi connectivity index (χ2n) is 5.54. The van der Waals surface area contributed by atoms with Crippen molar-refractivity contribution < 1.29 is 13.5 Å². The highest BCUT2D eigenvalue weighted by Crippen LogP contribution is 2.18. The lowest BCUT2D eigenvalue weighted by molar-refractivity contribution is 0.253. The van der Waals surface area contributed by atoms with E-state index in [9.17, 15) is 0 Å². The first-order valence-corrected chi connectivity index (χ1v) is 7.12. The highest BCUT2D eigenvalue weighted by molar-refractivity contribution is 5.44. The summed E-state index contributed by atoms with van der Waals surface area (Å²) in [5.41, 5.74) is 0.886. The molecule has 0 aromatic carbocycles. The lowest BCUT2D eigenvalue weighted by Gasteiger charge is -2.11. The summed E-state index contributed by atoms with van der Waals surface area (Å²) in [4.78, 5) is 6.34. The van der Waals surface area contributed by atoms with Gasteiger partial charge in [0.25, 0.3) is 0 Å². The Morgan fingerprint density at radius 2 is 2.05 bits per heavy atom. The van der Waals surface area contributed by atoms with Crippen LogP contribution in [0.25, 0.3) is 11.6 Å². The van der Waals surface area contributed by atoms with Crippen LogP contribution in [0.15, 0.2) is 37.9 Å². The Morgan fingerprint density at radius 3 is 2.73 bits per heavy atom. The summed E-state index contributed by atoms with van der Waals surface area (Å²) in [5.74, 6) is 2.80. The van der Waals surface area contributed by atoms with Gasteiger partial charge in [0.05, 0.1) is 18.5 Å². The molecule has 0 aliphatic heterocycles. The second kappa shape index (κ2) is 6.15. The standard InChI is InChI=1S/C15H18N4O3/c1-10(2)13-7-11(17-21-13)8-19(3)9-14-16-15(18-22-14)12-5-4-6-20-12/h4-7,10H,8-9H2,1-3H3. The van der Waals surface area contributed by atoms with Crippen LogP contribution in [-0.4, -0.2) is 27.2 Å². The minimum Gasteiger partial charge on any atom is -0.461 e. The fourth-order valence-electron chi connectivity index (χ4n) is 2.06. The van der Waals surface area contributed by atoms with Crippen LogP contribution in [0.3, 0.4) is 0 Å². The van der Waals surface area contributed by atoms with E-state index in [1.165, 1.54) is 0 Å². The summed E-state index contributed by atoms with van der Waals surface area (Å²) in [6, 6.07) is 5.55. The van der Waals surface area contributed by atoms with Crippen LogP contribution in [0.5, 0.6) is 0 Å². The Kier molecular flexibility index (Phi) is 4.06. The van der Waals surface area contributed by atoms with Crippen LogP contribution in [-0.2, 0) is 13.1 Å². The first-order chi connectivity index (χ1) is 10.6. The van der Waals surface area contributed by atoms with Gasteiger partial charge in [-0.05, 0) is 19.2 Å². The van der Waals surface area contributed by atoms with Crippen LogP contribution in [0.4, 0.5) is 0 Å². The molecule has 0 fully saturated rings. The van der Waals surface area contributed by atoms with Crippen LogP contribution in [0, 0.1) is 0 Å². The summed E-state index contributed by atoms with van der Waals surface area (Å²) >= 11 is 0. The normalized spacial score (nSPS) is 11.7. The SMILES string of the molecule is CC(C)c1cc(CN(C)Cc2nc(-c3ccco3)no2)no1. The van der Waals surface area contributed by atoms with E-state index in [0.717, 1.165) is 11.5 Å². The zero-order valence-corrected chi connectivity index (χ0v) is 12.8. The molecule has 0 saturated carbocycles. The minimum atomic E-state index is 0.332. The molecule has 0 spiro atoms. The van der Waals surface area contributed by atoms with E-state index >= 15 is 0 Å². The van der Waals surface area contributed by atoms with Crippen molar-refractivity contribution in [3.8, 4) is 11.6 Å².